The number of carboxylic acids is 1. The lowest BCUT2D eigenvalue weighted by Gasteiger charge is -2.24. The predicted octanol–water partition coefficient (Wildman–Crippen LogP) is 5.25. The lowest BCUT2D eigenvalue weighted by atomic mass is 9.80. The summed E-state index contributed by atoms with van der Waals surface area (Å²) >= 11 is 0. The maximum absolute atomic E-state index is 12.5. The Morgan fingerprint density at radius 1 is 1.04 bits per heavy atom. The molecule has 0 aliphatic heterocycles. The highest BCUT2D eigenvalue weighted by atomic mass is 16.4. The number of benzene rings is 1. The van der Waals surface area contributed by atoms with Crippen LogP contribution in [0.15, 0.2) is 12.1 Å². The average molecular weight is 318 g/mol. The first-order valence-corrected chi connectivity index (χ1v) is 8.55. The number of hydrogen-bond acceptors (Lipinski definition) is 2. The molecule has 0 radical (unpaired) electrons. The molecule has 1 atom stereocenters. The standard InChI is InChI=1S/C20H30O3/c1-6-10-20(5,19(22)23)11-8-7-9-17(21)18-15(3)12-14(2)13-16(18)4/h12-13H,6-11H2,1-5H3,(H,22,23). The molecule has 0 amide bonds. The van der Waals surface area contributed by atoms with Crippen LogP contribution < -0.4 is 0 Å². The largest absolute Gasteiger partial charge is 0.481 e. The average Bonchev–Trinajstić information content (AvgIpc) is 2.42. The van der Waals surface area contributed by atoms with Gasteiger partial charge >= 0.3 is 5.97 Å². The molecule has 128 valence electrons. The molecule has 0 aliphatic carbocycles. The molecule has 3 heteroatoms. The maximum Gasteiger partial charge on any atom is 0.309 e. The molecular weight excluding hydrogens is 288 g/mol. The van der Waals surface area contributed by atoms with Gasteiger partial charge in [-0.1, -0.05) is 37.5 Å². The first-order chi connectivity index (χ1) is 10.7. The Labute approximate surface area is 140 Å². The number of hydrogen-bond donors (Lipinski definition) is 1. The van der Waals surface area contributed by atoms with E-state index >= 15 is 0 Å². The van der Waals surface area contributed by atoms with E-state index in [1.807, 2.05) is 46.8 Å². The smallest absolute Gasteiger partial charge is 0.309 e. The third kappa shape index (κ3) is 5.19. The summed E-state index contributed by atoms with van der Waals surface area (Å²) in [7, 11) is 0. The normalized spacial score (nSPS) is 13.6. The Morgan fingerprint density at radius 3 is 2.09 bits per heavy atom. The molecule has 3 nitrogen and oxygen atoms in total. The minimum atomic E-state index is -0.726. The number of aryl methyl sites for hydroxylation is 3. The van der Waals surface area contributed by atoms with Crippen molar-refractivity contribution in [3.63, 3.8) is 0 Å². The van der Waals surface area contributed by atoms with Crippen LogP contribution in [0.2, 0.25) is 0 Å². The van der Waals surface area contributed by atoms with Gasteiger partial charge in [0.05, 0.1) is 5.41 Å². The highest BCUT2D eigenvalue weighted by Crippen LogP contribution is 2.30. The van der Waals surface area contributed by atoms with Gasteiger partial charge in [0, 0.05) is 12.0 Å². The lowest BCUT2D eigenvalue weighted by Crippen LogP contribution is -2.27. The second kappa shape index (κ2) is 8.28. The monoisotopic (exact) mass is 318 g/mol. The van der Waals surface area contributed by atoms with Crippen molar-refractivity contribution in [1.29, 1.82) is 0 Å². The minimum absolute atomic E-state index is 0.174. The third-order valence-electron chi connectivity index (χ3n) is 4.66. The fourth-order valence-corrected chi connectivity index (χ4v) is 3.44. The van der Waals surface area contributed by atoms with E-state index in [2.05, 4.69) is 0 Å². The Hall–Kier alpha value is -1.64. The van der Waals surface area contributed by atoms with Gasteiger partial charge in [-0.05, 0) is 58.1 Å². The number of ketones is 1. The summed E-state index contributed by atoms with van der Waals surface area (Å²) in [5.74, 6) is -0.552. The van der Waals surface area contributed by atoms with Crippen LogP contribution in [0.1, 0.15) is 79.4 Å². The third-order valence-corrected chi connectivity index (χ3v) is 4.66. The molecule has 0 saturated carbocycles. The molecule has 1 aromatic rings. The predicted molar refractivity (Wildman–Crippen MR) is 94.1 cm³/mol. The second-order valence-corrected chi connectivity index (χ2v) is 7.02. The minimum Gasteiger partial charge on any atom is -0.481 e. The van der Waals surface area contributed by atoms with Crippen molar-refractivity contribution in [2.45, 2.75) is 73.1 Å². The zero-order chi connectivity index (χ0) is 17.6. The second-order valence-electron chi connectivity index (χ2n) is 7.02. The van der Waals surface area contributed by atoms with Crippen molar-refractivity contribution in [2.24, 2.45) is 5.41 Å². The summed E-state index contributed by atoms with van der Waals surface area (Å²) < 4.78 is 0. The summed E-state index contributed by atoms with van der Waals surface area (Å²) in [5, 5.41) is 9.38. The summed E-state index contributed by atoms with van der Waals surface area (Å²) in [5.41, 5.74) is 3.43. The SMILES string of the molecule is CCCC(C)(CCCCC(=O)c1c(C)cc(C)cc1C)C(=O)O. The topological polar surface area (TPSA) is 54.4 Å². The summed E-state index contributed by atoms with van der Waals surface area (Å²) in [6.07, 6.45) is 4.20. The van der Waals surface area contributed by atoms with Crippen molar-refractivity contribution >= 4 is 11.8 Å². The van der Waals surface area contributed by atoms with E-state index in [1.165, 1.54) is 5.56 Å². The molecule has 1 aromatic carbocycles. The highest BCUT2D eigenvalue weighted by molar-refractivity contribution is 5.98. The van der Waals surface area contributed by atoms with E-state index in [1.54, 1.807) is 0 Å². The molecule has 1 N–H and O–H groups in total. The van der Waals surface area contributed by atoms with Gasteiger partial charge in [-0.3, -0.25) is 9.59 Å². The van der Waals surface area contributed by atoms with Crippen LogP contribution in [0.4, 0.5) is 0 Å². The molecule has 0 heterocycles. The maximum atomic E-state index is 12.5. The van der Waals surface area contributed by atoms with Crippen LogP contribution in [0.3, 0.4) is 0 Å². The molecule has 0 aromatic heterocycles. The van der Waals surface area contributed by atoms with E-state index < -0.39 is 11.4 Å². The lowest BCUT2D eigenvalue weighted by molar-refractivity contribution is -0.148. The molecule has 0 fully saturated rings. The molecule has 0 aliphatic rings. The molecule has 0 saturated heterocycles. The van der Waals surface area contributed by atoms with Gasteiger partial charge < -0.3 is 5.11 Å². The van der Waals surface area contributed by atoms with Gasteiger partial charge in [-0.15, -0.1) is 0 Å². The molecule has 0 bridgehead atoms. The Kier molecular flexibility index (Phi) is 6.99. The number of aliphatic carboxylic acids is 1. The van der Waals surface area contributed by atoms with E-state index in [4.69, 9.17) is 0 Å². The van der Waals surface area contributed by atoms with Gasteiger partial charge in [0.25, 0.3) is 0 Å². The van der Waals surface area contributed by atoms with Gasteiger partial charge in [0.1, 0.15) is 0 Å². The first-order valence-electron chi connectivity index (χ1n) is 8.55. The number of Topliss-reactive ketones (excluding diaryl/α,β-unsaturated/α-hetero) is 1. The molecule has 23 heavy (non-hydrogen) atoms. The zero-order valence-electron chi connectivity index (χ0n) is 15.2. The number of carbonyl (C=O) groups excluding carboxylic acids is 1. The van der Waals surface area contributed by atoms with Crippen LogP contribution in [0, 0.1) is 26.2 Å². The molecule has 0 spiro atoms. The van der Waals surface area contributed by atoms with Crippen LogP contribution in [0.5, 0.6) is 0 Å². The Bertz CT molecular complexity index is 551. The Morgan fingerprint density at radius 2 is 1.61 bits per heavy atom. The number of carbonyl (C=O) groups is 2. The van der Waals surface area contributed by atoms with Crippen molar-refractivity contribution in [3.05, 3.63) is 34.4 Å². The van der Waals surface area contributed by atoms with Gasteiger partial charge in [0.15, 0.2) is 5.78 Å². The van der Waals surface area contributed by atoms with Crippen LogP contribution in [-0.4, -0.2) is 16.9 Å². The van der Waals surface area contributed by atoms with Crippen LogP contribution in [-0.2, 0) is 4.79 Å². The van der Waals surface area contributed by atoms with Crippen molar-refractivity contribution < 1.29 is 14.7 Å². The van der Waals surface area contributed by atoms with Crippen molar-refractivity contribution in [1.82, 2.24) is 0 Å². The van der Waals surface area contributed by atoms with Gasteiger partial charge in [0.2, 0.25) is 0 Å². The quantitative estimate of drug-likeness (QED) is 0.500. The molecule has 1 unspecified atom stereocenters. The van der Waals surface area contributed by atoms with Gasteiger partial charge in [-0.25, -0.2) is 0 Å². The fraction of sp³-hybridized carbons (Fsp3) is 0.600. The summed E-state index contributed by atoms with van der Waals surface area (Å²) in [4.78, 5) is 23.9. The van der Waals surface area contributed by atoms with E-state index in [9.17, 15) is 14.7 Å². The summed E-state index contributed by atoms with van der Waals surface area (Å²) in [6, 6.07) is 4.09. The van der Waals surface area contributed by atoms with E-state index in [-0.39, 0.29) is 5.78 Å². The number of carboxylic acid groups (broad SMARTS) is 1. The van der Waals surface area contributed by atoms with Crippen molar-refractivity contribution in [3.8, 4) is 0 Å². The number of unbranched alkanes of at least 4 members (excludes halogenated alkanes) is 1. The van der Waals surface area contributed by atoms with Crippen LogP contribution in [0.25, 0.3) is 0 Å². The van der Waals surface area contributed by atoms with Crippen molar-refractivity contribution in [2.75, 3.05) is 0 Å². The first kappa shape index (κ1) is 19.4. The summed E-state index contributed by atoms with van der Waals surface area (Å²) in [6.45, 7) is 9.82. The fourth-order valence-electron chi connectivity index (χ4n) is 3.44. The zero-order valence-corrected chi connectivity index (χ0v) is 15.2. The van der Waals surface area contributed by atoms with Gasteiger partial charge in [-0.2, -0.15) is 0 Å². The van der Waals surface area contributed by atoms with E-state index in [0.717, 1.165) is 36.0 Å². The van der Waals surface area contributed by atoms with Crippen LogP contribution >= 0.6 is 0 Å². The Balaban J connectivity index is 2.60. The van der Waals surface area contributed by atoms with E-state index in [0.29, 0.717) is 19.3 Å². The molecular formula is C20H30O3. The highest BCUT2D eigenvalue weighted by Gasteiger charge is 2.31. The molecule has 1 rings (SSSR count). The number of rotatable bonds is 9.